The van der Waals surface area contributed by atoms with Gasteiger partial charge in [0.05, 0.1) is 10.8 Å². The molecule has 0 radical (unpaired) electrons. The van der Waals surface area contributed by atoms with Crippen molar-refractivity contribution < 1.29 is 9.00 Å². The number of rotatable bonds is 3. The third kappa shape index (κ3) is 2.98. The standard InChI is InChI=1S/C11H10N2O2S2/c1-17(15)9-7-16-11(12-9)13-10(14)8-5-3-2-4-6-8/h2-7H,1H3,(H,12,13,14). The highest BCUT2D eigenvalue weighted by Gasteiger charge is 2.09. The van der Waals surface area contributed by atoms with Gasteiger partial charge in [0.15, 0.2) is 5.13 Å². The molecule has 88 valence electrons. The Hall–Kier alpha value is -1.53. The maximum atomic E-state index is 11.8. The summed E-state index contributed by atoms with van der Waals surface area (Å²) in [7, 11) is -1.12. The minimum Gasteiger partial charge on any atom is -0.298 e. The molecule has 1 heterocycles. The summed E-state index contributed by atoms with van der Waals surface area (Å²) in [6.45, 7) is 0. The van der Waals surface area contributed by atoms with E-state index in [0.29, 0.717) is 15.7 Å². The van der Waals surface area contributed by atoms with Crippen molar-refractivity contribution in [1.29, 1.82) is 0 Å². The zero-order valence-electron chi connectivity index (χ0n) is 9.04. The molecule has 1 unspecified atom stereocenters. The van der Waals surface area contributed by atoms with E-state index in [9.17, 15) is 9.00 Å². The van der Waals surface area contributed by atoms with Crippen LogP contribution < -0.4 is 5.32 Å². The van der Waals surface area contributed by atoms with E-state index in [-0.39, 0.29) is 5.91 Å². The van der Waals surface area contributed by atoms with Crippen LogP contribution in [0, 0.1) is 0 Å². The van der Waals surface area contributed by atoms with Crippen LogP contribution in [0.2, 0.25) is 0 Å². The van der Waals surface area contributed by atoms with Gasteiger partial charge in [-0.15, -0.1) is 11.3 Å². The van der Waals surface area contributed by atoms with Crippen LogP contribution in [0.1, 0.15) is 10.4 Å². The van der Waals surface area contributed by atoms with Crippen molar-refractivity contribution in [2.24, 2.45) is 0 Å². The van der Waals surface area contributed by atoms with E-state index in [1.54, 1.807) is 35.9 Å². The first-order valence-electron chi connectivity index (χ1n) is 4.82. The first-order valence-corrected chi connectivity index (χ1v) is 7.26. The highest BCUT2D eigenvalue weighted by atomic mass is 32.2. The van der Waals surface area contributed by atoms with Crippen LogP contribution in [0.4, 0.5) is 5.13 Å². The molecule has 1 amide bonds. The first-order chi connectivity index (χ1) is 8.16. The highest BCUT2D eigenvalue weighted by molar-refractivity contribution is 7.84. The third-order valence-electron chi connectivity index (χ3n) is 2.03. The molecule has 6 heteroatoms. The summed E-state index contributed by atoms with van der Waals surface area (Å²) in [4.78, 5) is 15.8. The van der Waals surface area contributed by atoms with Gasteiger partial charge in [0, 0.05) is 17.2 Å². The fourth-order valence-corrected chi connectivity index (χ4v) is 2.74. The largest absolute Gasteiger partial charge is 0.298 e. The van der Waals surface area contributed by atoms with Gasteiger partial charge in [0.2, 0.25) is 0 Å². The Morgan fingerprint density at radius 3 is 2.65 bits per heavy atom. The van der Waals surface area contributed by atoms with Gasteiger partial charge in [-0.25, -0.2) is 4.98 Å². The van der Waals surface area contributed by atoms with Gasteiger partial charge in [-0.2, -0.15) is 0 Å². The Kier molecular flexibility index (Phi) is 3.65. The average molecular weight is 266 g/mol. The second-order valence-electron chi connectivity index (χ2n) is 3.27. The van der Waals surface area contributed by atoms with Crippen LogP contribution >= 0.6 is 11.3 Å². The molecular formula is C11H10N2O2S2. The lowest BCUT2D eigenvalue weighted by molar-refractivity contribution is 0.102. The van der Waals surface area contributed by atoms with Crippen molar-refractivity contribution in [2.45, 2.75) is 5.03 Å². The molecule has 0 saturated carbocycles. The van der Waals surface area contributed by atoms with E-state index in [1.165, 1.54) is 11.3 Å². The lowest BCUT2D eigenvalue weighted by Gasteiger charge is -2.00. The monoisotopic (exact) mass is 266 g/mol. The average Bonchev–Trinajstić information content (AvgIpc) is 2.79. The van der Waals surface area contributed by atoms with Gasteiger partial charge >= 0.3 is 0 Å². The van der Waals surface area contributed by atoms with Crippen molar-refractivity contribution in [1.82, 2.24) is 4.98 Å². The van der Waals surface area contributed by atoms with Crippen molar-refractivity contribution in [3.05, 3.63) is 41.3 Å². The fraction of sp³-hybridized carbons (Fsp3) is 0.0909. The van der Waals surface area contributed by atoms with Crippen LogP contribution in [0.5, 0.6) is 0 Å². The Bertz CT molecular complexity index is 552. The third-order valence-corrected chi connectivity index (χ3v) is 3.74. The molecule has 17 heavy (non-hydrogen) atoms. The van der Waals surface area contributed by atoms with Crippen LogP contribution in [0.25, 0.3) is 0 Å². The lowest BCUT2D eigenvalue weighted by Crippen LogP contribution is -2.11. The Morgan fingerprint density at radius 1 is 1.35 bits per heavy atom. The van der Waals surface area contributed by atoms with Crippen molar-refractivity contribution in [3.8, 4) is 0 Å². The number of aromatic nitrogens is 1. The summed E-state index contributed by atoms with van der Waals surface area (Å²) in [6, 6.07) is 8.88. The minimum atomic E-state index is -1.12. The summed E-state index contributed by atoms with van der Waals surface area (Å²) in [6.07, 6.45) is 1.55. The molecule has 1 aromatic heterocycles. The molecule has 0 bridgehead atoms. The van der Waals surface area contributed by atoms with E-state index >= 15 is 0 Å². The summed E-state index contributed by atoms with van der Waals surface area (Å²) in [5.41, 5.74) is 0.571. The Morgan fingerprint density at radius 2 is 2.06 bits per heavy atom. The quantitative estimate of drug-likeness (QED) is 0.926. The zero-order chi connectivity index (χ0) is 12.3. The molecule has 1 atom stereocenters. The van der Waals surface area contributed by atoms with Crippen molar-refractivity contribution in [3.63, 3.8) is 0 Å². The molecule has 1 aromatic carbocycles. The topological polar surface area (TPSA) is 59.1 Å². The SMILES string of the molecule is CS(=O)c1csc(NC(=O)c2ccccc2)n1. The van der Waals surface area contributed by atoms with Crippen LogP contribution in [0.3, 0.4) is 0 Å². The van der Waals surface area contributed by atoms with Crippen LogP contribution in [0.15, 0.2) is 40.7 Å². The van der Waals surface area contributed by atoms with Crippen molar-refractivity contribution >= 4 is 33.2 Å². The molecule has 2 aromatic rings. The predicted molar refractivity (Wildman–Crippen MR) is 68.8 cm³/mol. The van der Waals surface area contributed by atoms with Crippen LogP contribution in [-0.4, -0.2) is 21.4 Å². The second-order valence-corrected chi connectivity index (χ2v) is 5.45. The molecule has 0 aliphatic carbocycles. The molecule has 0 aliphatic rings. The number of benzene rings is 1. The maximum Gasteiger partial charge on any atom is 0.257 e. The second kappa shape index (κ2) is 5.20. The number of hydrogen-bond acceptors (Lipinski definition) is 4. The van der Waals surface area contributed by atoms with Gasteiger partial charge in [-0.3, -0.25) is 14.3 Å². The lowest BCUT2D eigenvalue weighted by atomic mass is 10.2. The number of nitrogens with zero attached hydrogens (tertiary/aromatic N) is 1. The van der Waals surface area contributed by atoms with E-state index < -0.39 is 10.8 Å². The number of hydrogen-bond donors (Lipinski definition) is 1. The number of carbonyl (C=O) groups excluding carboxylic acids is 1. The van der Waals surface area contributed by atoms with Gasteiger partial charge in [-0.1, -0.05) is 18.2 Å². The van der Waals surface area contributed by atoms with Gasteiger partial charge < -0.3 is 0 Å². The summed E-state index contributed by atoms with van der Waals surface area (Å²) in [5, 5.41) is 5.29. The minimum absolute atomic E-state index is 0.214. The molecule has 1 N–H and O–H groups in total. The van der Waals surface area contributed by atoms with Gasteiger partial charge in [0.25, 0.3) is 5.91 Å². The molecular weight excluding hydrogens is 256 g/mol. The predicted octanol–water partition coefficient (Wildman–Crippen LogP) is 2.13. The molecule has 0 fully saturated rings. The number of anilines is 1. The zero-order valence-corrected chi connectivity index (χ0v) is 10.7. The number of thiazole rings is 1. The number of carbonyl (C=O) groups is 1. The molecule has 0 saturated heterocycles. The van der Waals surface area contributed by atoms with Crippen molar-refractivity contribution in [2.75, 3.05) is 11.6 Å². The summed E-state index contributed by atoms with van der Waals surface area (Å²) < 4.78 is 11.2. The molecule has 2 rings (SSSR count). The smallest absolute Gasteiger partial charge is 0.257 e. The summed E-state index contributed by atoms with van der Waals surface area (Å²) >= 11 is 1.26. The number of amides is 1. The first kappa shape index (κ1) is 11.9. The molecule has 0 aliphatic heterocycles. The Balaban J connectivity index is 2.11. The normalized spacial score (nSPS) is 12.1. The van der Waals surface area contributed by atoms with E-state index in [4.69, 9.17) is 0 Å². The molecule has 4 nitrogen and oxygen atoms in total. The molecule has 0 spiro atoms. The van der Waals surface area contributed by atoms with E-state index in [0.717, 1.165) is 0 Å². The van der Waals surface area contributed by atoms with Crippen LogP contribution in [-0.2, 0) is 10.8 Å². The Labute approximate surface area is 105 Å². The fourth-order valence-electron chi connectivity index (χ4n) is 1.21. The number of nitrogens with one attached hydrogen (secondary N) is 1. The van der Waals surface area contributed by atoms with Gasteiger partial charge in [0.1, 0.15) is 5.03 Å². The highest BCUT2D eigenvalue weighted by Crippen LogP contribution is 2.18. The van der Waals surface area contributed by atoms with E-state index in [1.807, 2.05) is 6.07 Å². The summed E-state index contributed by atoms with van der Waals surface area (Å²) in [5.74, 6) is -0.214. The maximum absolute atomic E-state index is 11.8. The van der Waals surface area contributed by atoms with E-state index in [2.05, 4.69) is 10.3 Å². The van der Waals surface area contributed by atoms with Gasteiger partial charge in [-0.05, 0) is 12.1 Å².